The summed E-state index contributed by atoms with van der Waals surface area (Å²) < 4.78 is 39.1. The molecule has 1 fully saturated rings. The van der Waals surface area contributed by atoms with E-state index in [1.165, 1.54) is 18.2 Å². The first-order valence-corrected chi connectivity index (χ1v) is 17.9. The van der Waals surface area contributed by atoms with Crippen LogP contribution in [-0.4, -0.2) is 59.9 Å². The standard InChI is InChI=1S/C36H43N5O7S/c1-6-47-31-19-24(9-13-30(31)48-21(2)3)33(39-25-10-12-27-23(18-25)15-16-38-34(27)37)35(42)41-17-7-8-29(41)28-20-26(40-36(43)44)11-14-32(28)49(45,46)22(4)5/h9-16,18-22,29,33,39-40H,6-8,17H2,1-5H3,(H2,37,38)(H,43,44)/t29-,33+/m1/s1. The molecule has 2 heterocycles. The summed E-state index contributed by atoms with van der Waals surface area (Å²) in [6, 6.07) is 15.6. The lowest BCUT2D eigenvalue weighted by Crippen LogP contribution is -2.38. The van der Waals surface area contributed by atoms with Crippen LogP contribution in [0.15, 0.2) is 71.8 Å². The van der Waals surface area contributed by atoms with Gasteiger partial charge in [-0.15, -0.1) is 0 Å². The molecule has 0 aliphatic carbocycles. The molecule has 12 nitrogen and oxygen atoms in total. The first-order valence-electron chi connectivity index (χ1n) is 16.3. The second-order valence-electron chi connectivity index (χ2n) is 12.5. The number of nitrogen functional groups attached to an aromatic ring is 1. The Morgan fingerprint density at radius 1 is 1.02 bits per heavy atom. The zero-order valence-corrected chi connectivity index (χ0v) is 29.1. The van der Waals surface area contributed by atoms with Crippen LogP contribution >= 0.6 is 0 Å². The maximum absolute atomic E-state index is 14.8. The average Bonchev–Trinajstić information content (AvgIpc) is 3.54. The lowest BCUT2D eigenvalue weighted by Gasteiger charge is -2.32. The van der Waals surface area contributed by atoms with Gasteiger partial charge in [0.25, 0.3) is 0 Å². The highest BCUT2D eigenvalue weighted by atomic mass is 32.2. The Labute approximate surface area is 286 Å². The Kier molecular flexibility index (Phi) is 10.5. The molecular weight excluding hydrogens is 646 g/mol. The van der Waals surface area contributed by atoms with Gasteiger partial charge in [-0.25, -0.2) is 18.2 Å². The van der Waals surface area contributed by atoms with Crippen molar-refractivity contribution in [2.24, 2.45) is 0 Å². The molecule has 4 aromatic rings. The van der Waals surface area contributed by atoms with Gasteiger partial charge in [0.1, 0.15) is 11.9 Å². The van der Waals surface area contributed by atoms with E-state index in [1.807, 2.05) is 51.1 Å². The highest BCUT2D eigenvalue weighted by Crippen LogP contribution is 2.41. The van der Waals surface area contributed by atoms with Gasteiger partial charge in [-0.2, -0.15) is 0 Å². The summed E-state index contributed by atoms with van der Waals surface area (Å²) in [5, 5.41) is 16.0. The molecule has 0 saturated carbocycles. The Morgan fingerprint density at radius 3 is 2.47 bits per heavy atom. The number of aromatic nitrogens is 1. The number of amides is 2. The Bertz CT molecular complexity index is 1960. The lowest BCUT2D eigenvalue weighted by atomic mass is 10.00. The molecule has 0 spiro atoms. The second kappa shape index (κ2) is 14.6. The predicted octanol–water partition coefficient (Wildman–Crippen LogP) is 6.79. The fourth-order valence-electron chi connectivity index (χ4n) is 6.11. The van der Waals surface area contributed by atoms with Crippen LogP contribution in [0.25, 0.3) is 10.8 Å². The highest BCUT2D eigenvalue weighted by molar-refractivity contribution is 7.92. The van der Waals surface area contributed by atoms with E-state index < -0.39 is 33.3 Å². The third-order valence-corrected chi connectivity index (χ3v) is 10.6. The minimum absolute atomic E-state index is 0.0715. The molecule has 2 amide bonds. The van der Waals surface area contributed by atoms with Crippen LogP contribution in [0, 0.1) is 0 Å². The summed E-state index contributed by atoms with van der Waals surface area (Å²) >= 11 is 0. The molecule has 260 valence electrons. The number of sulfone groups is 1. The first-order chi connectivity index (χ1) is 23.3. The van der Waals surface area contributed by atoms with Crippen LogP contribution in [0.2, 0.25) is 0 Å². The molecule has 49 heavy (non-hydrogen) atoms. The predicted molar refractivity (Wildman–Crippen MR) is 190 cm³/mol. The van der Waals surface area contributed by atoms with Crippen molar-refractivity contribution in [1.29, 1.82) is 0 Å². The summed E-state index contributed by atoms with van der Waals surface area (Å²) in [5.74, 6) is 1.14. The van der Waals surface area contributed by atoms with E-state index in [9.17, 15) is 23.1 Å². The molecule has 13 heteroatoms. The summed E-state index contributed by atoms with van der Waals surface area (Å²) in [6.07, 6.45) is 1.35. The Hall–Kier alpha value is -5.04. The van der Waals surface area contributed by atoms with Crippen LogP contribution in [0.5, 0.6) is 11.5 Å². The van der Waals surface area contributed by atoms with E-state index in [4.69, 9.17) is 15.2 Å². The quantitative estimate of drug-likeness (QED) is 0.124. The second-order valence-corrected chi connectivity index (χ2v) is 15.0. The average molecular weight is 690 g/mol. The number of hydrogen-bond acceptors (Lipinski definition) is 9. The van der Waals surface area contributed by atoms with Gasteiger partial charge in [0.15, 0.2) is 21.3 Å². The molecular formula is C36H43N5O7S. The molecule has 1 aromatic heterocycles. The fraction of sp³-hybridized carbons (Fsp3) is 0.361. The number of carbonyl (C=O) groups is 2. The number of nitrogens with zero attached hydrogens (tertiary/aromatic N) is 2. The molecule has 3 aromatic carbocycles. The molecule has 1 aliphatic heterocycles. The monoisotopic (exact) mass is 689 g/mol. The van der Waals surface area contributed by atoms with Crippen molar-refractivity contribution in [1.82, 2.24) is 9.88 Å². The summed E-state index contributed by atoms with van der Waals surface area (Å²) in [5.41, 5.74) is 7.95. The van der Waals surface area contributed by atoms with Crippen molar-refractivity contribution in [3.05, 3.63) is 78.0 Å². The molecule has 5 rings (SSSR count). The van der Waals surface area contributed by atoms with Gasteiger partial charge >= 0.3 is 6.09 Å². The van der Waals surface area contributed by atoms with Crippen LogP contribution in [0.3, 0.4) is 0 Å². The number of carbonyl (C=O) groups excluding carboxylic acids is 1. The van der Waals surface area contributed by atoms with E-state index in [1.54, 1.807) is 37.1 Å². The largest absolute Gasteiger partial charge is 0.490 e. The molecule has 1 saturated heterocycles. The zero-order valence-electron chi connectivity index (χ0n) is 28.3. The van der Waals surface area contributed by atoms with Crippen molar-refractivity contribution in [3.8, 4) is 11.5 Å². The third kappa shape index (κ3) is 7.67. The Morgan fingerprint density at radius 2 is 1.78 bits per heavy atom. The van der Waals surface area contributed by atoms with Crippen molar-refractivity contribution in [2.45, 2.75) is 75.8 Å². The SMILES string of the molecule is CCOc1cc([C@H](Nc2ccc3c(N)nccc3c2)C(=O)N2CCC[C@@H]2c2cc(NC(=O)O)ccc2S(=O)(=O)C(C)C)ccc1OC(C)C. The number of likely N-dealkylation sites (tertiary alicyclic amines) is 1. The number of carboxylic acid groups (broad SMARTS) is 1. The highest BCUT2D eigenvalue weighted by Gasteiger charge is 2.38. The first kappa shape index (κ1) is 35.3. The van der Waals surface area contributed by atoms with Gasteiger partial charge in [-0.1, -0.05) is 6.07 Å². The van der Waals surface area contributed by atoms with Crippen LogP contribution < -0.4 is 25.8 Å². The fourth-order valence-corrected chi connectivity index (χ4v) is 7.40. The van der Waals surface area contributed by atoms with E-state index in [-0.39, 0.29) is 22.6 Å². The van der Waals surface area contributed by atoms with Crippen molar-refractivity contribution in [2.75, 3.05) is 29.5 Å². The minimum Gasteiger partial charge on any atom is -0.490 e. The van der Waals surface area contributed by atoms with Gasteiger partial charge < -0.3 is 30.5 Å². The van der Waals surface area contributed by atoms with E-state index >= 15 is 0 Å². The van der Waals surface area contributed by atoms with Crippen molar-refractivity contribution in [3.63, 3.8) is 0 Å². The topological polar surface area (TPSA) is 173 Å². The molecule has 0 unspecified atom stereocenters. The van der Waals surface area contributed by atoms with Gasteiger partial charge in [-0.3, -0.25) is 10.1 Å². The van der Waals surface area contributed by atoms with E-state index in [0.29, 0.717) is 60.1 Å². The molecule has 1 aliphatic rings. The number of hydrogen-bond donors (Lipinski definition) is 4. The number of anilines is 3. The van der Waals surface area contributed by atoms with Gasteiger partial charge in [0.2, 0.25) is 5.91 Å². The maximum atomic E-state index is 14.8. The van der Waals surface area contributed by atoms with Crippen molar-refractivity contribution < 1.29 is 32.6 Å². The van der Waals surface area contributed by atoms with Crippen LogP contribution in [0.4, 0.5) is 22.0 Å². The van der Waals surface area contributed by atoms with Gasteiger partial charge in [0, 0.05) is 29.5 Å². The molecule has 0 radical (unpaired) electrons. The van der Waals surface area contributed by atoms with Crippen molar-refractivity contribution >= 4 is 49.8 Å². The lowest BCUT2D eigenvalue weighted by molar-refractivity contribution is -0.133. The Balaban J connectivity index is 1.61. The molecule has 2 atom stereocenters. The van der Waals surface area contributed by atoms with Gasteiger partial charge in [-0.05, 0) is 119 Å². The number of pyridine rings is 1. The number of nitrogens with two attached hydrogens (primary N) is 1. The van der Waals surface area contributed by atoms with Gasteiger partial charge in [0.05, 0.1) is 28.9 Å². The number of benzene rings is 3. The third-order valence-electron chi connectivity index (χ3n) is 8.40. The normalized spacial score (nSPS) is 15.4. The number of rotatable bonds is 12. The number of nitrogens with one attached hydrogen (secondary N) is 2. The minimum atomic E-state index is -3.79. The van der Waals surface area contributed by atoms with E-state index in [0.717, 1.165) is 10.8 Å². The maximum Gasteiger partial charge on any atom is 0.409 e. The van der Waals surface area contributed by atoms with Crippen LogP contribution in [-0.2, 0) is 14.6 Å². The van der Waals surface area contributed by atoms with Crippen LogP contribution in [0.1, 0.15) is 70.7 Å². The van der Waals surface area contributed by atoms with E-state index in [2.05, 4.69) is 15.6 Å². The number of ether oxygens (including phenoxy) is 2. The smallest absolute Gasteiger partial charge is 0.409 e. The molecule has 5 N–H and O–H groups in total. The molecule has 0 bridgehead atoms. The number of fused-ring (bicyclic) bond motifs is 1. The summed E-state index contributed by atoms with van der Waals surface area (Å²) in [6.45, 7) is 9.64. The summed E-state index contributed by atoms with van der Waals surface area (Å²) in [4.78, 5) is 32.3. The zero-order chi connectivity index (χ0) is 35.5. The summed E-state index contributed by atoms with van der Waals surface area (Å²) in [7, 11) is -3.79.